The molecule has 110 valence electrons. The Hall–Kier alpha value is -2.43. The average molecular weight is 285 g/mol. The van der Waals surface area contributed by atoms with Crippen molar-refractivity contribution < 1.29 is 9.59 Å². The van der Waals surface area contributed by atoms with E-state index in [-0.39, 0.29) is 17.0 Å². The molecule has 2 amide bonds. The summed E-state index contributed by atoms with van der Waals surface area (Å²) >= 11 is 0. The number of nitrogens with zero attached hydrogens (tertiary/aromatic N) is 1. The number of carbonyl (C=O) groups is 2. The van der Waals surface area contributed by atoms with Crippen LogP contribution in [0.25, 0.3) is 10.9 Å². The number of benzene rings is 1. The molecule has 5 nitrogen and oxygen atoms in total. The van der Waals surface area contributed by atoms with E-state index in [1.807, 2.05) is 51.1 Å². The molecule has 0 aliphatic carbocycles. The summed E-state index contributed by atoms with van der Waals surface area (Å²) in [7, 11) is 0. The molecule has 0 aliphatic heterocycles. The number of pyridine rings is 1. The van der Waals surface area contributed by atoms with Crippen molar-refractivity contribution in [3.63, 3.8) is 0 Å². The fourth-order valence-electron chi connectivity index (χ4n) is 1.91. The number of hydrogen-bond acceptors (Lipinski definition) is 3. The number of rotatable bonds is 2. The summed E-state index contributed by atoms with van der Waals surface area (Å²) in [6.45, 7) is 5.87. The summed E-state index contributed by atoms with van der Waals surface area (Å²) in [6.07, 6.45) is 0.332. The molecule has 0 spiro atoms. The first-order chi connectivity index (χ1) is 9.85. The van der Waals surface area contributed by atoms with E-state index in [0.717, 1.165) is 10.9 Å². The summed E-state index contributed by atoms with van der Waals surface area (Å²) in [5.74, 6) is -0.653. The van der Waals surface area contributed by atoms with Crippen molar-refractivity contribution in [2.75, 3.05) is 0 Å². The molecule has 0 radical (unpaired) electrons. The number of amides is 2. The predicted octanol–water partition coefficient (Wildman–Crippen LogP) is 2.43. The van der Waals surface area contributed by atoms with Gasteiger partial charge in [0.25, 0.3) is 5.91 Å². The maximum atomic E-state index is 12.0. The monoisotopic (exact) mass is 285 g/mol. The fraction of sp³-hybridized carbons (Fsp3) is 0.312. The van der Waals surface area contributed by atoms with Crippen LogP contribution in [0.15, 0.2) is 36.4 Å². The molecule has 2 aromatic rings. The van der Waals surface area contributed by atoms with Crippen LogP contribution in [-0.2, 0) is 4.79 Å². The third kappa shape index (κ3) is 4.27. The van der Waals surface area contributed by atoms with E-state index in [2.05, 4.69) is 15.8 Å². The highest BCUT2D eigenvalue weighted by molar-refractivity contribution is 5.95. The standard InChI is InChI=1S/C16H19N3O2/c1-16(2,3)10-14(20)18-19-15(21)13-9-8-11-6-4-5-7-12(11)17-13/h4-9H,10H2,1-3H3,(H,18,20)(H,19,21). The number of para-hydroxylation sites is 1. The minimum absolute atomic E-state index is 0.129. The van der Waals surface area contributed by atoms with Gasteiger partial charge in [-0.05, 0) is 17.5 Å². The van der Waals surface area contributed by atoms with Crippen LogP contribution in [0.5, 0.6) is 0 Å². The molecule has 0 aliphatic rings. The second kappa shape index (κ2) is 5.91. The van der Waals surface area contributed by atoms with Gasteiger partial charge in [-0.2, -0.15) is 0 Å². The molecular weight excluding hydrogens is 266 g/mol. The van der Waals surface area contributed by atoms with Crippen LogP contribution < -0.4 is 10.9 Å². The lowest BCUT2D eigenvalue weighted by molar-refractivity contribution is -0.123. The Morgan fingerprint density at radius 2 is 1.76 bits per heavy atom. The smallest absolute Gasteiger partial charge is 0.273 e. The second-order valence-electron chi connectivity index (χ2n) is 6.13. The van der Waals surface area contributed by atoms with Crippen molar-refractivity contribution in [1.29, 1.82) is 0 Å². The van der Waals surface area contributed by atoms with Crippen LogP contribution in [0.2, 0.25) is 0 Å². The number of nitrogens with one attached hydrogen (secondary N) is 2. The van der Waals surface area contributed by atoms with Gasteiger partial charge in [0.1, 0.15) is 5.69 Å². The first-order valence-corrected chi connectivity index (χ1v) is 6.80. The van der Waals surface area contributed by atoms with Gasteiger partial charge in [0.05, 0.1) is 5.52 Å². The minimum atomic E-state index is -0.428. The Morgan fingerprint density at radius 3 is 2.48 bits per heavy atom. The van der Waals surface area contributed by atoms with Gasteiger partial charge in [0.15, 0.2) is 0 Å². The third-order valence-electron chi connectivity index (χ3n) is 2.84. The van der Waals surface area contributed by atoms with Crippen molar-refractivity contribution in [2.24, 2.45) is 5.41 Å². The largest absolute Gasteiger partial charge is 0.288 e. The first kappa shape index (κ1) is 15.0. The average Bonchev–Trinajstić information content (AvgIpc) is 2.42. The highest BCUT2D eigenvalue weighted by Crippen LogP contribution is 2.17. The van der Waals surface area contributed by atoms with Crippen LogP contribution in [-0.4, -0.2) is 16.8 Å². The Balaban J connectivity index is 2.00. The summed E-state index contributed by atoms with van der Waals surface area (Å²) in [6, 6.07) is 11.0. The molecule has 0 unspecified atom stereocenters. The van der Waals surface area contributed by atoms with E-state index < -0.39 is 5.91 Å². The van der Waals surface area contributed by atoms with Gasteiger partial charge < -0.3 is 0 Å². The normalized spacial score (nSPS) is 11.2. The number of hydrazine groups is 1. The van der Waals surface area contributed by atoms with Crippen molar-refractivity contribution in [3.05, 3.63) is 42.1 Å². The number of fused-ring (bicyclic) bond motifs is 1. The van der Waals surface area contributed by atoms with Crippen molar-refractivity contribution >= 4 is 22.7 Å². The lowest BCUT2D eigenvalue weighted by atomic mass is 9.92. The molecule has 2 rings (SSSR count). The van der Waals surface area contributed by atoms with Gasteiger partial charge in [-0.1, -0.05) is 45.0 Å². The highest BCUT2D eigenvalue weighted by atomic mass is 16.2. The van der Waals surface area contributed by atoms with Gasteiger partial charge in [0, 0.05) is 11.8 Å². The topological polar surface area (TPSA) is 71.1 Å². The zero-order valence-electron chi connectivity index (χ0n) is 12.4. The highest BCUT2D eigenvalue weighted by Gasteiger charge is 2.16. The van der Waals surface area contributed by atoms with E-state index in [0.29, 0.717) is 6.42 Å². The van der Waals surface area contributed by atoms with Gasteiger partial charge in [-0.3, -0.25) is 20.4 Å². The Bertz CT molecular complexity index is 675. The van der Waals surface area contributed by atoms with Crippen molar-refractivity contribution in [2.45, 2.75) is 27.2 Å². The minimum Gasteiger partial charge on any atom is -0.273 e. The maximum absolute atomic E-state index is 12.0. The second-order valence-corrected chi connectivity index (χ2v) is 6.13. The van der Waals surface area contributed by atoms with Crippen molar-refractivity contribution in [3.8, 4) is 0 Å². The molecule has 0 saturated carbocycles. The molecule has 2 N–H and O–H groups in total. The van der Waals surface area contributed by atoms with Gasteiger partial charge >= 0.3 is 0 Å². The lowest BCUT2D eigenvalue weighted by Gasteiger charge is -2.17. The van der Waals surface area contributed by atoms with Crippen LogP contribution >= 0.6 is 0 Å². The molecule has 0 bridgehead atoms. The molecule has 0 atom stereocenters. The fourth-order valence-corrected chi connectivity index (χ4v) is 1.91. The molecule has 0 fully saturated rings. The van der Waals surface area contributed by atoms with Crippen LogP contribution in [0.1, 0.15) is 37.7 Å². The van der Waals surface area contributed by atoms with Crippen LogP contribution in [0.3, 0.4) is 0 Å². The molecule has 1 heterocycles. The SMILES string of the molecule is CC(C)(C)CC(=O)NNC(=O)c1ccc2ccccc2n1. The lowest BCUT2D eigenvalue weighted by Crippen LogP contribution is -2.43. The van der Waals surface area contributed by atoms with E-state index in [4.69, 9.17) is 0 Å². The number of hydrogen-bond donors (Lipinski definition) is 2. The summed E-state index contributed by atoms with van der Waals surface area (Å²) < 4.78 is 0. The van der Waals surface area contributed by atoms with Crippen molar-refractivity contribution in [1.82, 2.24) is 15.8 Å². The summed E-state index contributed by atoms with van der Waals surface area (Å²) in [5.41, 5.74) is 5.67. The molecule has 5 heteroatoms. The van der Waals surface area contributed by atoms with E-state index >= 15 is 0 Å². The Labute approximate surface area is 123 Å². The van der Waals surface area contributed by atoms with Gasteiger partial charge in [-0.15, -0.1) is 0 Å². The van der Waals surface area contributed by atoms with E-state index in [1.165, 1.54) is 0 Å². The first-order valence-electron chi connectivity index (χ1n) is 6.80. The Morgan fingerprint density at radius 1 is 1.05 bits per heavy atom. The van der Waals surface area contributed by atoms with E-state index in [1.54, 1.807) is 6.07 Å². The number of carbonyl (C=O) groups excluding carboxylic acids is 2. The summed E-state index contributed by atoms with van der Waals surface area (Å²) in [5, 5.41) is 0.964. The Kier molecular flexibility index (Phi) is 4.21. The van der Waals surface area contributed by atoms with Crippen LogP contribution in [0.4, 0.5) is 0 Å². The van der Waals surface area contributed by atoms with E-state index in [9.17, 15) is 9.59 Å². The number of aromatic nitrogens is 1. The molecule has 1 aromatic heterocycles. The van der Waals surface area contributed by atoms with Crippen LogP contribution in [0, 0.1) is 5.41 Å². The zero-order valence-corrected chi connectivity index (χ0v) is 12.4. The summed E-state index contributed by atoms with van der Waals surface area (Å²) in [4.78, 5) is 27.9. The molecule has 0 saturated heterocycles. The van der Waals surface area contributed by atoms with Gasteiger partial charge in [-0.25, -0.2) is 4.98 Å². The molecular formula is C16H19N3O2. The predicted molar refractivity (Wildman–Crippen MR) is 81.4 cm³/mol. The quantitative estimate of drug-likeness (QED) is 0.832. The zero-order chi connectivity index (χ0) is 15.5. The maximum Gasteiger partial charge on any atom is 0.288 e. The molecule has 1 aromatic carbocycles. The molecule has 21 heavy (non-hydrogen) atoms. The third-order valence-corrected chi connectivity index (χ3v) is 2.84. The van der Waals surface area contributed by atoms with Gasteiger partial charge in [0.2, 0.25) is 5.91 Å².